The molecule has 1 aromatic rings. The number of aliphatic hydroxyl groups excluding tert-OH is 1. The molecule has 0 aliphatic heterocycles. The summed E-state index contributed by atoms with van der Waals surface area (Å²) >= 11 is 0. The first kappa shape index (κ1) is 15.5. The van der Waals surface area contributed by atoms with Gasteiger partial charge in [0.1, 0.15) is 0 Å². The van der Waals surface area contributed by atoms with Gasteiger partial charge in [-0.15, -0.1) is 0 Å². The Kier molecular flexibility index (Phi) is 6.97. The topological polar surface area (TPSA) is 52.6 Å². The molecular formula is C15H24N2O2. The largest absolute Gasteiger partial charge is 0.396 e. The van der Waals surface area contributed by atoms with Crippen LogP contribution in [0.3, 0.4) is 0 Å². The van der Waals surface area contributed by atoms with Gasteiger partial charge >= 0.3 is 6.03 Å². The Morgan fingerprint density at radius 1 is 1.21 bits per heavy atom. The lowest BCUT2D eigenvalue weighted by Crippen LogP contribution is -2.36. The maximum Gasteiger partial charge on any atom is 0.321 e. The van der Waals surface area contributed by atoms with Gasteiger partial charge in [0.25, 0.3) is 0 Å². The highest BCUT2D eigenvalue weighted by Crippen LogP contribution is 2.10. The van der Waals surface area contributed by atoms with E-state index in [-0.39, 0.29) is 12.6 Å². The summed E-state index contributed by atoms with van der Waals surface area (Å²) in [5.41, 5.74) is 1.97. The van der Waals surface area contributed by atoms with Crippen molar-refractivity contribution in [2.45, 2.75) is 33.1 Å². The number of amides is 2. The van der Waals surface area contributed by atoms with Gasteiger partial charge in [0.05, 0.1) is 0 Å². The van der Waals surface area contributed by atoms with E-state index < -0.39 is 0 Å². The van der Waals surface area contributed by atoms with Crippen LogP contribution in [0.4, 0.5) is 10.5 Å². The zero-order valence-electron chi connectivity index (χ0n) is 11.9. The third-order valence-electron chi connectivity index (χ3n) is 2.96. The van der Waals surface area contributed by atoms with Crippen molar-refractivity contribution in [2.24, 2.45) is 0 Å². The SMILES string of the molecule is CCCCN(CCCO)C(=O)Nc1ccc(C)cc1. The van der Waals surface area contributed by atoms with E-state index in [0.29, 0.717) is 13.0 Å². The third-order valence-corrected chi connectivity index (χ3v) is 2.96. The van der Waals surface area contributed by atoms with E-state index in [4.69, 9.17) is 5.11 Å². The predicted octanol–water partition coefficient (Wildman–Crippen LogP) is 3.01. The number of benzene rings is 1. The second kappa shape index (κ2) is 8.53. The summed E-state index contributed by atoms with van der Waals surface area (Å²) in [6, 6.07) is 7.65. The summed E-state index contributed by atoms with van der Waals surface area (Å²) in [6.07, 6.45) is 2.64. The monoisotopic (exact) mass is 264 g/mol. The van der Waals surface area contributed by atoms with Gasteiger partial charge in [-0.25, -0.2) is 4.79 Å². The van der Waals surface area contributed by atoms with Gasteiger partial charge in [-0.05, 0) is 31.9 Å². The van der Waals surface area contributed by atoms with Crippen molar-refractivity contribution in [1.29, 1.82) is 0 Å². The molecule has 0 heterocycles. The number of rotatable bonds is 7. The minimum atomic E-state index is -0.0919. The third kappa shape index (κ3) is 5.75. The van der Waals surface area contributed by atoms with Crippen LogP contribution >= 0.6 is 0 Å². The maximum absolute atomic E-state index is 12.1. The van der Waals surface area contributed by atoms with Crippen molar-refractivity contribution < 1.29 is 9.90 Å². The number of nitrogens with zero attached hydrogens (tertiary/aromatic N) is 1. The van der Waals surface area contributed by atoms with Crippen LogP contribution in [0.25, 0.3) is 0 Å². The van der Waals surface area contributed by atoms with Crippen molar-refractivity contribution in [3.63, 3.8) is 0 Å². The van der Waals surface area contributed by atoms with Gasteiger partial charge in [-0.2, -0.15) is 0 Å². The van der Waals surface area contributed by atoms with Crippen molar-refractivity contribution in [3.8, 4) is 0 Å². The summed E-state index contributed by atoms with van der Waals surface area (Å²) < 4.78 is 0. The molecule has 0 aliphatic rings. The molecule has 4 nitrogen and oxygen atoms in total. The highest BCUT2D eigenvalue weighted by atomic mass is 16.3. The van der Waals surface area contributed by atoms with Crippen LogP contribution < -0.4 is 5.32 Å². The van der Waals surface area contributed by atoms with E-state index in [1.165, 1.54) is 5.56 Å². The lowest BCUT2D eigenvalue weighted by molar-refractivity contribution is 0.201. The van der Waals surface area contributed by atoms with Crippen LogP contribution in [0.1, 0.15) is 31.7 Å². The lowest BCUT2D eigenvalue weighted by atomic mass is 10.2. The maximum atomic E-state index is 12.1. The minimum absolute atomic E-state index is 0.0919. The first-order chi connectivity index (χ1) is 9.17. The first-order valence-electron chi connectivity index (χ1n) is 6.90. The summed E-state index contributed by atoms with van der Waals surface area (Å²) in [7, 11) is 0. The molecule has 0 radical (unpaired) electrons. The molecule has 19 heavy (non-hydrogen) atoms. The zero-order chi connectivity index (χ0) is 14.1. The average Bonchev–Trinajstić information content (AvgIpc) is 2.41. The van der Waals surface area contributed by atoms with E-state index in [2.05, 4.69) is 12.2 Å². The standard InChI is InChI=1S/C15H24N2O2/c1-3-4-10-17(11-5-12-18)15(19)16-14-8-6-13(2)7-9-14/h6-9,18H,3-5,10-12H2,1-2H3,(H,16,19). The second-order valence-corrected chi connectivity index (χ2v) is 4.71. The molecule has 0 aliphatic carbocycles. The fourth-order valence-electron chi connectivity index (χ4n) is 1.76. The molecule has 0 unspecified atom stereocenters. The molecule has 0 fully saturated rings. The Bertz CT molecular complexity index is 368. The summed E-state index contributed by atoms with van der Waals surface area (Å²) in [6.45, 7) is 5.55. The van der Waals surface area contributed by atoms with Crippen LogP contribution in [0.5, 0.6) is 0 Å². The normalized spacial score (nSPS) is 10.3. The lowest BCUT2D eigenvalue weighted by Gasteiger charge is -2.22. The Morgan fingerprint density at radius 2 is 1.84 bits per heavy atom. The molecule has 0 bridgehead atoms. The van der Waals surface area contributed by atoms with Crippen molar-refractivity contribution in [1.82, 2.24) is 4.90 Å². The predicted molar refractivity (Wildman–Crippen MR) is 78.4 cm³/mol. The minimum Gasteiger partial charge on any atom is -0.396 e. The highest BCUT2D eigenvalue weighted by molar-refractivity contribution is 5.89. The van der Waals surface area contributed by atoms with Crippen LogP contribution in [-0.2, 0) is 0 Å². The van der Waals surface area contributed by atoms with E-state index in [1.54, 1.807) is 4.90 Å². The number of hydrogen-bond acceptors (Lipinski definition) is 2. The number of carbonyl (C=O) groups is 1. The summed E-state index contributed by atoms with van der Waals surface area (Å²) in [5, 5.41) is 11.8. The highest BCUT2D eigenvalue weighted by Gasteiger charge is 2.12. The molecule has 2 amide bonds. The van der Waals surface area contributed by atoms with Crippen molar-refractivity contribution in [2.75, 3.05) is 25.0 Å². The Hall–Kier alpha value is -1.55. The van der Waals surface area contributed by atoms with Crippen LogP contribution in [0, 0.1) is 6.92 Å². The van der Waals surface area contributed by atoms with Gasteiger partial charge in [-0.1, -0.05) is 31.0 Å². The molecule has 0 saturated heterocycles. The van der Waals surface area contributed by atoms with E-state index >= 15 is 0 Å². The molecule has 4 heteroatoms. The van der Waals surface area contributed by atoms with Gasteiger partial charge in [-0.3, -0.25) is 0 Å². The quantitative estimate of drug-likeness (QED) is 0.795. The van der Waals surface area contributed by atoms with Crippen LogP contribution in [0.15, 0.2) is 24.3 Å². The smallest absolute Gasteiger partial charge is 0.321 e. The van der Waals surface area contributed by atoms with Crippen LogP contribution in [0.2, 0.25) is 0 Å². The van der Waals surface area contributed by atoms with Gasteiger partial charge in [0.15, 0.2) is 0 Å². The summed E-state index contributed by atoms with van der Waals surface area (Å²) in [5.74, 6) is 0. The average molecular weight is 264 g/mol. The number of hydrogen-bond donors (Lipinski definition) is 2. The fraction of sp³-hybridized carbons (Fsp3) is 0.533. The van der Waals surface area contributed by atoms with Crippen LogP contribution in [-0.4, -0.2) is 35.7 Å². The van der Waals surface area contributed by atoms with Gasteiger partial charge in [0.2, 0.25) is 0 Å². The van der Waals surface area contributed by atoms with E-state index in [1.807, 2.05) is 31.2 Å². The zero-order valence-corrected chi connectivity index (χ0v) is 11.9. The number of anilines is 1. The Morgan fingerprint density at radius 3 is 2.42 bits per heavy atom. The molecule has 2 N–H and O–H groups in total. The fourth-order valence-corrected chi connectivity index (χ4v) is 1.76. The number of urea groups is 1. The molecule has 1 aromatic carbocycles. The Labute approximate surface area is 115 Å². The molecule has 0 spiro atoms. The number of aliphatic hydroxyl groups is 1. The number of carbonyl (C=O) groups excluding carboxylic acids is 1. The molecular weight excluding hydrogens is 240 g/mol. The summed E-state index contributed by atoms with van der Waals surface area (Å²) in [4.78, 5) is 13.9. The van der Waals surface area contributed by atoms with Gasteiger partial charge < -0.3 is 15.3 Å². The Balaban J connectivity index is 2.56. The van der Waals surface area contributed by atoms with Gasteiger partial charge in [0, 0.05) is 25.4 Å². The molecule has 106 valence electrons. The molecule has 0 aromatic heterocycles. The first-order valence-corrected chi connectivity index (χ1v) is 6.90. The number of unbranched alkanes of at least 4 members (excludes halogenated alkanes) is 1. The van der Waals surface area contributed by atoms with Crippen molar-refractivity contribution in [3.05, 3.63) is 29.8 Å². The number of aryl methyl sites for hydroxylation is 1. The second-order valence-electron chi connectivity index (χ2n) is 4.71. The van der Waals surface area contributed by atoms with E-state index in [9.17, 15) is 4.79 Å². The molecule has 0 atom stereocenters. The van der Waals surface area contributed by atoms with E-state index in [0.717, 1.165) is 25.1 Å². The van der Waals surface area contributed by atoms with Crippen molar-refractivity contribution >= 4 is 11.7 Å². The number of nitrogens with one attached hydrogen (secondary N) is 1. The molecule has 1 rings (SSSR count). The molecule has 0 saturated carbocycles.